The molecule has 1 unspecified atom stereocenters. The highest BCUT2D eigenvalue weighted by molar-refractivity contribution is 5.79. The van der Waals surface area contributed by atoms with Crippen LogP contribution in [0.1, 0.15) is 33.1 Å². The van der Waals surface area contributed by atoms with Crippen LogP contribution in [0.5, 0.6) is 0 Å². The fourth-order valence-corrected chi connectivity index (χ4v) is 3.24. The van der Waals surface area contributed by atoms with Crippen LogP contribution in [0.4, 0.5) is 5.82 Å². The van der Waals surface area contributed by atoms with Gasteiger partial charge in [0.15, 0.2) is 5.65 Å². The second-order valence-electron chi connectivity index (χ2n) is 6.83. The average Bonchev–Trinajstić information content (AvgIpc) is 2.94. The number of piperidine rings is 1. The number of hydrogen-bond donors (Lipinski definition) is 1. The lowest BCUT2D eigenvalue weighted by Gasteiger charge is -2.36. The van der Waals surface area contributed by atoms with E-state index < -0.39 is 5.41 Å². The summed E-state index contributed by atoms with van der Waals surface area (Å²) in [5, 5.41) is 4.17. The van der Waals surface area contributed by atoms with Crippen LogP contribution in [-0.2, 0) is 4.79 Å². The summed E-state index contributed by atoms with van der Waals surface area (Å²) in [6.45, 7) is 5.80. The van der Waals surface area contributed by atoms with E-state index in [0.717, 1.165) is 43.8 Å². The zero-order valence-electron chi connectivity index (χ0n) is 13.2. The van der Waals surface area contributed by atoms with Gasteiger partial charge in [0.25, 0.3) is 0 Å². The summed E-state index contributed by atoms with van der Waals surface area (Å²) in [5.74, 6) is 1.23. The van der Waals surface area contributed by atoms with E-state index in [2.05, 4.69) is 15.0 Å². The van der Waals surface area contributed by atoms with E-state index in [4.69, 9.17) is 5.73 Å². The Hall–Kier alpha value is -2.11. The zero-order valence-corrected chi connectivity index (χ0v) is 13.2. The average molecular weight is 301 g/mol. The topological polar surface area (TPSA) is 76.5 Å². The molecule has 22 heavy (non-hydrogen) atoms. The van der Waals surface area contributed by atoms with Gasteiger partial charge in [0, 0.05) is 30.8 Å². The highest BCUT2D eigenvalue weighted by Crippen LogP contribution is 2.31. The van der Waals surface area contributed by atoms with Gasteiger partial charge in [0.2, 0.25) is 5.91 Å². The summed E-state index contributed by atoms with van der Waals surface area (Å²) < 4.78 is 1.77. The second kappa shape index (κ2) is 5.59. The van der Waals surface area contributed by atoms with Crippen molar-refractivity contribution in [2.45, 2.75) is 33.1 Å². The van der Waals surface area contributed by atoms with Crippen molar-refractivity contribution in [1.82, 2.24) is 14.6 Å². The highest BCUT2D eigenvalue weighted by atomic mass is 16.1. The molecule has 1 saturated heterocycles. The number of aromatic nitrogens is 3. The molecule has 3 rings (SSSR count). The number of carbonyl (C=O) groups is 1. The summed E-state index contributed by atoms with van der Waals surface area (Å²) in [6.07, 6.45) is 6.77. The SMILES string of the molecule is CC(C)(CC1CCCN(c2ccn3nccc3n2)C1)C(N)=O. The first-order chi connectivity index (χ1) is 10.5. The minimum absolute atomic E-state index is 0.219. The van der Waals surface area contributed by atoms with Gasteiger partial charge in [-0.1, -0.05) is 13.8 Å². The van der Waals surface area contributed by atoms with Crippen molar-refractivity contribution < 1.29 is 4.79 Å². The van der Waals surface area contributed by atoms with Gasteiger partial charge in [-0.05, 0) is 31.2 Å². The lowest BCUT2D eigenvalue weighted by atomic mass is 9.79. The Labute approximate surface area is 130 Å². The van der Waals surface area contributed by atoms with Crippen LogP contribution in [0.25, 0.3) is 5.65 Å². The fraction of sp³-hybridized carbons (Fsp3) is 0.562. The molecule has 0 saturated carbocycles. The number of nitrogens with zero attached hydrogens (tertiary/aromatic N) is 4. The number of primary amides is 1. The van der Waals surface area contributed by atoms with Crippen LogP contribution < -0.4 is 10.6 Å². The Morgan fingerprint density at radius 3 is 3.05 bits per heavy atom. The zero-order chi connectivity index (χ0) is 15.7. The van der Waals surface area contributed by atoms with Crippen molar-refractivity contribution in [2.24, 2.45) is 17.1 Å². The molecule has 1 aliphatic rings. The van der Waals surface area contributed by atoms with E-state index in [1.165, 1.54) is 0 Å². The van der Waals surface area contributed by atoms with Gasteiger partial charge in [0.05, 0.1) is 6.20 Å². The minimum atomic E-state index is -0.448. The van der Waals surface area contributed by atoms with Crippen LogP contribution in [0.15, 0.2) is 24.5 Å². The molecule has 3 heterocycles. The van der Waals surface area contributed by atoms with Crippen LogP contribution in [0.3, 0.4) is 0 Å². The third kappa shape index (κ3) is 2.91. The third-order valence-corrected chi connectivity index (χ3v) is 4.55. The molecule has 1 fully saturated rings. The molecule has 0 aromatic carbocycles. The van der Waals surface area contributed by atoms with Gasteiger partial charge < -0.3 is 10.6 Å². The first kappa shape index (κ1) is 14.8. The molecule has 0 spiro atoms. The van der Waals surface area contributed by atoms with Crippen LogP contribution in [0, 0.1) is 11.3 Å². The number of anilines is 1. The van der Waals surface area contributed by atoms with E-state index in [1.54, 1.807) is 10.7 Å². The summed E-state index contributed by atoms with van der Waals surface area (Å²) in [7, 11) is 0. The first-order valence-electron chi connectivity index (χ1n) is 7.81. The van der Waals surface area contributed by atoms with Gasteiger partial charge >= 0.3 is 0 Å². The fourth-order valence-electron chi connectivity index (χ4n) is 3.24. The number of hydrogen-bond acceptors (Lipinski definition) is 4. The molecule has 1 amide bonds. The molecule has 0 radical (unpaired) electrons. The molecule has 0 bridgehead atoms. The van der Waals surface area contributed by atoms with E-state index in [0.29, 0.717) is 5.92 Å². The van der Waals surface area contributed by atoms with Crippen LogP contribution >= 0.6 is 0 Å². The number of amides is 1. The van der Waals surface area contributed by atoms with Gasteiger partial charge in [-0.3, -0.25) is 4.79 Å². The number of fused-ring (bicyclic) bond motifs is 1. The summed E-state index contributed by atoms with van der Waals surface area (Å²) in [6, 6.07) is 3.91. The quantitative estimate of drug-likeness (QED) is 0.935. The lowest BCUT2D eigenvalue weighted by Crippen LogP contribution is -2.40. The molecule has 6 nitrogen and oxygen atoms in total. The molecule has 118 valence electrons. The monoisotopic (exact) mass is 301 g/mol. The maximum absolute atomic E-state index is 11.5. The van der Waals surface area contributed by atoms with Crippen LogP contribution in [-0.4, -0.2) is 33.6 Å². The van der Waals surface area contributed by atoms with Gasteiger partial charge in [-0.25, -0.2) is 9.50 Å². The predicted octanol–water partition coefficient (Wildman–Crippen LogP) is 1.85. The molecule has 2 N–H and O–H groups in total. The Bertz CT molecular complexity index is 678. The lowest BCUT2D eigenvalue weighted by molar-refractivity contribution is -0.126. The normalized spacial score (nSPS) is 19.5. The van der Waals surface area contributed by atoms with E-state index in [-0.39, 0.29) is 5.91 Å². The summed E-state index contributed by atoms with van der Waals surface area (Å²) in [4.78, 5) is 18.5. The van der Waals surface area contributed by atoms with E-state index >= 15 is 0 Å². The molecule has 6 heteroatoms. The number of nitrogens with two attached hydrogens (primary N) is 1. The highest BCUT2D eigenvalue weighted by Gasteiger charge is 2.31. The summed E-state index contributed by atoms with van der Waals surface area (Å²) >= 11 is 0. The largest absolute Gasteiger partial charge is 0.369 e. The van der Waals surface area contributed by atoms with Gasteiger partial charge in [-0.15, -0.1) is 0 Å². The second-order valence-corrected chi connectivity index (χ2v) is 6.83. The Morgan fingerprint density at radius 2 is 2.27 bits per heavy atom. The third-order valence-electron chi connectivity index (χ3n) is 4.55. The van der Waals surface area contributed by atoms with Crippen molar-refractivity contribution in [3.63, 3.8) is 0 Å². The van der Waals surface area contributed by atoms with Crippen LogP contribution in [0.2, 0.25) is 0 Å². The number of carbonyl (C=O) groups excluding carboxylic acids is 1. The van der Waals surface area contributed by atoms with Gasteiger partial charge in [0.1, 0.15) is 5.82 Å². The van der Waals surface area contributed by atoms with Gasteiger partial charge in [-0.2, -0.15) is 5.10 Å². The smallest absolute Gasteiger partial charge is 0.223 e. The van der Waals surface area contributed by atoms with Crippen molar-refractivity contribution in [3.8, 4) is 0 Å². The Morgan fingerprint density at radius 1 is 1.45 bits per heavy atom. The maximum atomic E-state index is 11.5. The Kier molecular flexibility index (Phi) is 3.76. The standard InChI is InChI=1S/C16H23N5O/c1-16(2,15(17)22)10-12-4-3-8-20(11-12)13-6-9-21-14(19-13)5-7-18-21/h5-7,9,12H,3-4,8,10-11H2,1-2H3,(H2,17,22). The molecule has 1 aliphatic heterocycles. The minimum Gasteiger partial charge on any atom is -0.369 e. The molecule has 2 aromatic rings. The van der Waals surface area contributed by atoms with Crippen molar-refractivity contribution in [1.29, 1.82) is 0 Å². The van der Waals surface area contributed by atoms with Crippen molar-refractivity contribution in [3.05, 3.63) is 24.5 Å². The van der Waals surface area contributed by atoms with Crippen molar-refractivity contribution >= 4 is 17.4 Å². The first-order valence-corrected chi connectivity index (χ1v) is 7.81. The molecule has 1 atom stereocenters. The van der Waals surface area contributed by atoms with E-state index in [9.17, 15) is 4.79 Å². The predicted molar refractivity (Wildman–Crippen MR) is 85.5 cm³/mol. The molecular formula is C16H23N5O. The van der Waals surface area contributed by atoms with E-state index in [1.807, 2.05) is 32.2 Å². The molecule has 2 aromatic heterocycles. The Balaban J connectivity index is 1.73. The maximum Gasteiger partial charge on any atom is 0.223 e. The number of rotatable bonds is 4. The molecule has 0 aliphatic carbocycles. The summed E-state index contributed by atoms with van der Waals surface area (Å²) in [5.41, 5.74) is 5.92. The van der Waals surface area contributed by atoms with Crippen molar-refractivity contribution in [2.75, 3.05) is 18.0 Å². The molecular weight excluding hydrogens is 278 g/mol.